The Morgan fingerprint density at radius 2 is 0.938 bits per heavy atom. The number of ether oxygens (including phenoxy) is 8. The lowest BCUT2D eigenvalue weighted by atomic mass is 9.78. The van der Waals surface area contributed by atoms with Gasteiger partial charge in [-0.15, -0.1) is 13.2 Å². The topological polar surface area (TPSA) is 362 Å². The Bertz CT molecular complexity index is 3280. The van der Waals surface area contributed by atoms with Crippen LogP contribution in [0.5, 0.6) is 0 Å². The van der Waals surface area contributed by atoms with Gasteiger partial charge < -0.3 is 88.5 Å². The van der Waals surface area contributed by atoms with E-state index in [0.29, 0.717) is 127 Å². The fourth-order valence-electron chi connectivity index (χ4n) is 18.9. The molecule has 25 nitrogen and oxygen atoms in total. The lowest BCUT2D eigenvalue weighted by molar-refractivity contribution is -0.321. The number of cyclic esters (lactones) is 2. The molecular weight excluding hydrogens is 1440 g/mol. The molecule has 112 heavy (non-hydrogen) atoms. The molecule has 4 saturated heterocycles. The van der Waals surface area contributed by atoms with Crippen molar-refractivity contribution in [2.45, 2.75) is 307 Å². The predicted octanol–water partition coefficient (Wildman–Crippen LogP) is 8.90. The highest BCUT2D eigenvalue weighted by Crippen LogP contribution is 2.44. The molecule has 0 unspecified atom stereocenters. The van der Waals surface area contributed by atoms with Gasteiger partial charge in [0.25, 0.3) is 11.7 Å². The number of aliphatic hydroxyl groups excluding tert-OH is 6. The highest BCUT2D eigenvalue weighted by Gasteiger charge is 2.58. The molecular formula is C87H138N2O23. The lowest BCUT2D eigenvalue weighted by Crippen LogP contribution is -2.64. The van der Waals surface area contributed by atoms with Gasteiger partial charge in [0.15, 0.2) is 5.79 Å². The Hall–Kier alpha value is -5.23. The zero-order valence-corrected chi connectivity index (χ0v) is 69.4. The summed E-state index contributed by atoms with van der Waals surface area (Å²) < 4.78 is 48.7. The lowest BCUT2D eigenvalue weighted by Gasteiger charge is -2.47. The van der Waals surface area contributed by atoms with Crippen molar-refractivity contribution >= 4 is 41.1 Å². The zero-order chi connectivity index (χ0) is 82.8. The van der Waals surface area contributed by atoms with E-state index < -0.39 is 156 Å². The van der Waals surface area contributed by atoms with Crippen LogP contribution in [0, 0.1) is 71.0 Å². The molecule has 8 rings (SSSR count). The summed E-state index contributed by atoms with van der Waals surface area (Å²) in [6, 6.07) is -2.06. The standard InChI is InChI=1S/C44H69NO12.C43H69NO11/c1-9-12-31-18-25(2)17-26(3)19-37(54-7)40-38(55-8)21-28(5)44(53,57-40)41(50)42(51)45-16-11-10-13-33(45)43(52)56-39(29(6)35(48)23-36(31)49)27(4)20-30-14-15-34(47)32(22-30)24-46;1-9-11-31-17-25(2)16-26(3)18-37(52-7)41-38(53-8)20-28(5)43(51,55-41)23-39(49)44-15-10-12-33(44)42(50)54-40(29(6)35(47)22-36(31)48)27(4)19-30-13-14-34(46)32(21-30)24-45/h9,18,20,26,28-35,37-40,46-48,53H,1,10-17,19,21-24H2,2-8H3;9,17,19,26,28-35,37-38,40-41,45-47,51H,1,10-16,18,20-24H2,2-8H3/b25-18+,27-20+;25-17+,27-19+/t26-,28+,29+,30-,31+,32-,33-,34+,35-,37-,38-,39+,40+,44+;26-,28+,29+,30-,31+,32-,33-,34+,35-,37-,38-,40+,41+,43-/m00/s1. The molecule has 0 radical (unpaired) electrons. The molecule has 6 aliphatic heterocycles. The van der Waals surface area contributed by atoms with E-state index in [2.05, 4.69) is 20.1 Å². The molecule has 634 valence electrons. The smallest absolute Gasteiger partial charge is 0.329 e. The molecule has 8 N–H and O–H groups in total. The van der Waals surface area contributed by atoms with Crippen molar-refractivity contribution in [2.75, 3.05) is 54.7 Å². The third-order valence-electron chi connectivity index (χ3n) is 25.8. The number of piperidine rings is 1. The van der Waals surface area contributed by atoms with E-state index in [4.69, 9.17) is 37.9 Å². The van der Waals surface area contributed by atoms with Crippen molar-refractivity contribution in [1.82, 2.24) is 9.80 Å². The van der Waals surface area contributed by atoms with Crippen LogP contribution in [-0.2, 0) is 71.5 Å². The predicted molar refractivity (Wildman–Crippen MR) is 420 cm³/mol. The number of carbonyl (C=O) groups is 7. The Morgan fingerprint density at radius 1 is 0.527 bits per heavy atom. The molecule has 4 bridgehead atoms. The summed E-state index contributed by atoms with van der Waals surface area (Å²) in [6.45, 7) is 26.4. The highest BCUT2D eigenvalue weighted by atomic mass is 16.7. The number of amides is 2. The zero-order valence-electron chi connectivity index (χ0n) is 69.4. The molecule has 0 aromatic rings. The van der Waals surface area contributed by atoms with Crippen LogP contribution in [0.1, 0.15) is 210 Å². The fraction of sp³-hybridized carbons (Fsp3) is 0.782. The summed E-state index contributed by atoms with van der Waals surface area (Å²) in [7, 11) is 6.24. The maximum Gasteiger partial charge on any atom is 0.329 e. The molecule has 28 atom stereocenters. The first-order chi connectivity index (χ1) is 53.0. The van der Waals surface area contributed by atoms with E-state index in [0.717, 1.165) is 11.1 Å². The molecule has 0 aromatic heterocycles. The third-order valence-corrected chi connectivity index (χ3v) is 25.8. The van der Waals surface area contributed by atoms with E-state index in [9.17, 15) is 74.4 Å². The fourth-order valence-corrected chi connectivity index (χ4v) is 18.9. The maximum atomic E-state index is 14.3. The van der Waals surface area contributed by atoms with E-state index >= 15 is 0 Å². The van der Waals surface area contributed by atoms with Crippen LogP contribution < -0.4 is 0 Å². The number of nitrogens with zero attached hydrogens (tertiary/aromatic N) is 2. The first-order valence-electron chi connectivity index (χ1n) is 41.4. The number of Topliss-reactive ketones (excluding diaryl/α,β-unsaturated/α-hetero) is 3. The number of carbonyl (C=O) groups excluding carboxylic acids is 7. The van der Waals surface area contributed by atoms with E-state index in [1.165, 1.54) is 24.0 Å². The molecule has 2 saturated carbocycles. The van der Waals surface area contributed by atoms with Crippen molar-refractivity contribution in [3.05, 3.63) is 71.9 Å². The van der Waals surface area contributed by atoms with Gasteiger partial charge >= 0.3 is 11.9 Å². The second-order valence-corrected chi connectivity index (χ2v) is 34.6. The SMILES string of the molecule is C=CC[C@@H]1/C=C(\C)C[C@H](C)C[C@H](OC)[C@H]2O[C@@](O)(C(=O)C(=O)N3CCCC[C@H]3C(=O)O[C@H](/C(C)=C/[C@@H]3CC[C@@H](O)[C@H](CO)C3)[C@H](C)[C@@H](O)CC1=O)[C@H](C)C[C@@H]2OC.C=CC[C@@H]1/C=C(\C)C[C@H](C)C[C@H](OC)[C@H]2O[C@@](O)(CC(=O)N3CCC[C@H]3C(=O)O[C@H](/C(C)=C/[C@@H]3CC[C@@H](O)[C@H](CO)C3)[C@H](C)[C@@H](O)CC1=O)[C@H](C)C[C@@H]2OC. The number of methoxy groups -OCH3 is 4. The Kier molecular flexibility index (Phi) is 36.3. The van der Waals surface area contributed by atoms with E-state index in [1.54, 1.807) is 54.1 Å². The number of ketones is 3. The van der Waals surface area contributed by atoms with Crippen molar-refractivity contribution in [2.24, 2.45) is 71.0 Å². The summed E-state index contributed by atoms with van der Waals surface area (Å²) in [5.41, 5.74) is 3.27. The molecule has 0 spiro atoms. The average Bonchev–Trinajstić information content (AvgIpc) is 0.819. The van der Waals surface area contributed by atoms with Gasteiger partial charge in [0.1, 0.15) is 48.1 Å². The largest absolute Gasteiger partial charge is 0.456 e. The average molecular weight is 1580 g/mol. The number of aliphatic hydroxyl groups is 8. The third kappa shape index (κ3) is 24.0. The van der Waals surface area contributed by atoms with Gasteiger partial charge in [-0.25, -0.2) is 9.59 Å². The molecule has 6 fully saturated rings. The van der Waals surface area contributed by atoms with Crippen molar-refractivity contribution < 1.29 is 112 Å². The van der Waals surface area contributed by atoms with Crippen LogP contribution in [-0.4, -0.2) is 243 Å². The van der Waals surface area contributed by atoms with Gasteiger partial charge in [0, 0.05) is 115 Å². The summed E-state index contributed by atoms with van der Waals surface area (Å²) >= 11 is 0. The number of rotatable bonds is 14. The number of hydrogen-bond acceptors (Lipinski definition) is 23. The van der Waals surface area contributed by atoms with E-state index in [-0.39, 0.29) is 105 Å². The Labute approximate surface area is 665 Å². The first kappa shape index (κ1) is 93.9. The van der Waals surface area contributed by atoms with Gasteiger partial charge in [-0.2, -0.15) is 0 Å². The van der Waals surface area contributed by atoms with Crippen LogP contribution in [0.4, 0.5) is 0 Å². The monoisotopic (exact) mass is 1580 g/mol. The number of esters is 2. The highest BCUT2D eigenvalue weighted by molar-refractivity contribution is 6.39. The molecule has 2 aliphatic carbocycles. The first-order valence-corrected chi connectivity index (χ1v) is 41.4. The van der Waals surface area contributed by atoms with Gasteiger partial charge in [0.05, 0.1) is 55.3 Å². The van der Waals surface area contributed by atoms with Crippen LogP contribution in [0.15, 0.2) is 71.9 Å². The van der Waals surface area contributed by atoms with Crippen LogP contribution in [0.2, 0.25) is 0 Å². The van der Waals surface area contributed by atoms with Crippen molar-refractivity contribution in [1.29, 1.82) is 0 Å². The number of allylic oxidation sites excluding steroid dienone is 8. The second kappa shape index (κ2) is 43.3. The minimum Gasteiger partial charge on any atom is -0.456 e. The van der Waals surface area contributed by atoms with Crippen LogP contribution >= 0.6 is 0 Å². The summed E-state index contributed by atoms with van der Waals surface area (Å²) in [5, 5.41) is 87.9. The normalized spacial score (nSPS) is 41.4. The summed E-state index contributed by atoms with van der Waals surface area (Å²) in [6.07, 6.45) is 10.7. The summed E-state index contributed by atoms with van der Waals surface area (Å²) in [5.74, 6) is -13.0. The van der Waals surface area contributed by atoms with Gasteiger partial charge in [-0.3, -0.25) is 24.0 Å². The minimum atomic E-state index is -2.52. The van der Waals surface area contributed by atoms with Gasteiger partial charge in [-0.05, 0) is 185 Å². The van der Waals surface area contributed by atoms with Crippen molar-refractivity contribution in [3.8, 4) is 0 Å². The molecule has 0 aromatic carbocycles. The Morgan fingerprint density at radius 3 is 1.38 bits per heavy atom. The molecule has 8 aliphatic rings. The molecule has 25 heteroatoms. The Balaban J connectivity index is 0.000000311. The second-order valence-electron chi connectivity index (χ2n) is 34.6. The maximum absolute atomic E-state index is 14.3. The van der Waals surface area contributed by atoms with Crippen LogP contribution in [0.3, 0.4) is 0 Å². The quantitative estimate of drug-likeness (QED) is 0.0457. The molecule has 2 amide bonds. The van der Waals surface area contributed by atoms with Crippen LogP contribution in [0.25, 0.3) is 0 Å². The van der Waals surface area contributed by atoms with Crippen molar-refractivity contribution in [3.63, 3.8) is 0 Å². The summed E-state index contributed by atoms with van der Waals surface area (Å²) in [4.78, 5) is 101. The minimum absolute atomic E-state index is 0.00385. The number of hydrogen-bond donors (Lipinski definition) is 8. The molecule has 6 heterocycles. The number of fused-ring (bicyclic) bond motifs is 6. The van der Waals surface area contributed by atoms with Gasteiger partial charge in [0.2, 0.25) is 11.7 Å². The van der Waals surface area contributed by atoms with Gasteiger partial charge in [-0.1, -0.05) is 89.1 Å². The van der Waals surface area contributed by atoms with E-state index in [1.807, 2.05) is 58.9 Å².